The van der Waals surface area contributed by atoms with Gasteiger partial charge in [-0.25, -0.2) is 0 Å². The van der Waals surface area contributed by atoms with E-state index < -0.39 is 0 Å². The first-order chi connectivity index (χ1) is 6.77. The van der Waals surface area contributed by atoms with Crippen molar-refractivity contribution in [2.24, 2.45) is 0 Å². The first kappa shape index (κ1) is 11.0. The number of allylic oxidation sites excluding steroid dienone is 1. The van der Waals surface area contributed by atoms with Gasteiger partial charge in [0.25, 0.3) is 0 Å². The summed E-state index contributed by atoms with van der Waals surface area (Å²) in [5, 5.41) is 3.13. The predicted molar refractivity (Wildman–Crippen MR) is 62.8 cm³/mol. The van der Waals surface area contributed by atoms with E-state index in [1.807, 2.05) is 30.3 Å². The number of rotatable bonds is 4. The van der Waals surface area contributed by atoms with Gasteiger partial charge in [-0.1, -0.05) is 40.2 Å². The Balaban J connectivity index is 2.83. The molecule has 0 aliphatic rings. The van der Waals surface area contributed by atoms with Gasteiger partial charge in [0.2, 0.25) is 5.91 Å². The summed E-state index contributed by atoms with van der Waals surface area (Å²) in [6.07, 6.45) is 2.58. The molecule has 0 fully saturated rings. The number of carbonyl (C=O) groups is 1. The molecule has 0 saturated heterocycles. The van der Waals surface area contributed by atoms with Gasteiger partial charge < -0.3 is 5.32 Å². The topological polar surface area (TPSA) is 29.1 Å². The number of carbonyl (C=O) groups excluding carboxylic acids is 1. The van der Waals surface area contributed by atoms with Crippen LogP contribution in [0.1, 0.15) is 5.56 Å². The van der Waals surface area contributed by atoms with Gasteiger partial charge in [-0.2, -0.15) is 0 Å². The zero-order valence-corrected chi connectivity index (χ0v) is 9.38. The number of amides is 1. The van der Waals surface area contributed by atoms with Crippen molar-refractivity contribution < 1.29 is 4.79 Å². The second-order valence-corrected chi connectivity index (χ2v) is 3.39. The molecule has 1 amide bonds. The Morgan fingerprint density at radius 2 is 2.21 bits per heavy atom. The first-order valence-corrected chi connectivity index (χ1v) is 5.44. The van der Waals surface area contributed by atoms with Crippen molar-refractivity contribution in [3.63, 3.8) is 0 Å². The number of nitrogens with one attached hydrogen (secondary N) is 1. The van der Waals surface area contributed by atoms with Crippen molar-refractivity contribution in [3.8, 4) is 0 Å². The van der Waals surface area contributed by atoms with E-state index in [1.54, 1.807) is 0 Å². The zero-order valence-electron chi connectivity index (χ0n) is 7.79. The number of alkyl halides is 1. The Labute approximate surface area is 92.1 Å². The van der Waals surface area contributed by atoms with Crippen LogP contribution < -0.4 is 5.32 Å². The normalized spacial score (nSPS) is 9.50. The molecule has 0 aliphatic carbocycles. The molecule has 1 aromatic carbocycles. The molecule has 0 spiro atoms. The molecule has 1 aromatic rings. The Bertz CT molecular complexity index is 336. The maximum absolute atomic E-state index is 11.2. The van der Waals surface area contributed by atoms with Crippen LogP contribution in [0, 0.1) is 0 Å². The molecule has 1 rings (SSSR count). The van der Waals surface area contributed by atoms with E-state index in [0.717, 1.165) is 17.7 Å². The lowest BCUT2D eigenvalue weighted by molar-refractivity contribution is -0.113. The van der Waals surface area contributed by atoms with Gasteiger partial charge in [0.15, 0.2) is 0 Å². The van der Waals surface area contributed by atoms with E-state index in [0.29, 0.717) is 5.33 Å². The van der Waals surface area contributed by atoms with E-state index in [2.05, 4.69) is 27.8 Å². The van der Waals surface area contributed by atoms with Crippen molar-refractivity contribution in [2.75, 3.05) is 10.6 Å². The Kier molecular flexibility index (Phi) is 4.40. The number of hydrogen-bond acceptors (Lipinski definition) is 1. The molecule has 0 bridgehead atoms. The number of anilines is 1. The summed E-state index contributed by atoms with van der Waals surface area (Å²) < 4.78 is 0. The summed E-state index contributed by atoms with van der Waals surface area (Å²) in [5.41, 5.74) is 1.94. The minimum Gasteiger partial charge on any atom is -0.325 e. The highest BCUT2D eigenvalue weighted by atomic mass is 79.9. The van der Waals surface area contributed by atoms with E-state index in [1.165, 1.54) is 0 Å². The monoisotopic (exact) mass is 253 g/mol. The van der Waals surface area contributed by atoms with E-state index >= 15 is 0 Å². The molecule has 14 heavy (non-hydrogen) atoms. The lowest BCUT2D eigenvalue weighted by Gasteiger charge is -2.07. The number of para-hydroxylation sites is 1. The van der Waals surface area contributed by atoms with Gasteiger partial charge >= 0.3 is 0 Å². The second-order valence-electron chi connectivity index (χ2n) is 2.83. The maximum Gasteiger partial charge on any atom is 0.235 e. The lowest BCUT2D eigenvalue weighted by Crippen LogP contribution is -2.13. The van der Waals surface area contributed by atoms with Crippen LogP contribution >= 0.6 is 15.9 Å². The Hall–Kier alpha value is -1.09. The summed E-state index contributed by atoms with van der Waals surface area (Å²) in [5.74, 6) is -0.0403. The zero-order chi connectivity index (χ0) is 10.4. The molecule has 0 radical (unpaired) electrons. The highest BCUT2D eigenvalue weighted by Crippen LogP contribution is 2.15. The van der Waals surface area contributed by atoms with Crippen LogP contribution in [0.2, 0.25) is 0 Å². The van der Waals surface area contributed by atoms with Crippen molar-refractivity contribution >= 4 is 27.5 Å². The molecule has 0 saturated carbocycles. The molecular formula is C11H12BrNO. The molecular weight excluding hydrogens is 242 g/mol. The molecule has 0 heterocycles. The SMILES string of the molecule is C=CCc1ccccc1NC(=O)CBr. The van der Waals surface area contributed by atoms with E-state index in [4.69, 9.17) is 0 Å². The molecule has 0 aromatic heterocycles. The predicted octanol–water partition coefficient (Wildman–Crippen LogP) is 2.75. The Morgan fingerprint density at radius 3 is 2.86 bits per heavy atom. The Morgan fingerprint density at radius 1 is 1.50 bits per heavy atom. The molecule has 0 aliphatic heterocycles. The van der Waals surface area contributed by atoms with Gasteiger partial charge in [0.05, 0.1) is 5.33 Å². The smallest absolute Gasteiger partial charge is 0.235 e. The quantitative estimate of drug-likeness (QED) is 0.649. The van der Waals surface area contributed by atoms with Crippen molar-refractivity contribution in [1.82, 2.24) is 0 Å². The maximum atomic E-state index is 11.2. The van der Waals surface area contributed by atoms with Gasteiger partial charge in [-0.15, -0.1) is 6.58 Å². The fraction of sp³-hybridized carbons (Fsp3) is 0.182. The van der Waals surface area contributed by atoms with E-state index in [-0.39, 0.29) is 5.91 Å². The summed E-state index contributed by atoms with van der Waals surface area (Å²) in [7, 11) is 0. The summed E-state index contributed by atoms with van der Waals surface area (Å²) >= 11 is 3.10. The van der Waals surface area contributed by atoms with Crippen LogP contribution in [0.5, 0.6) is 0 Å². The number of benzene rings is 1. The lowest BCUT2D eigenvalue weighted by atomic mass is 10.1. The number of hydrogen-bond donors (Lipinski definition) is 1. The third-order valence-corrected chi connectivity index (χ3v) is 2.29. The van der Waals surface area contributed by atoms with Crippen LogP contribution in [0.15, 0.2) is 36.9 Å². The molecule has 0 atom stereocenters. The van der Waals surface area contributed by atoms with Crippen LogP contribution in [0.3, 0.4) is 0 Å². The van der Waals surface area contributed by atoms with Crippen molar-refractivity contribution in [3.05, 3.63) is 42.5 Å². The second kappa shape index (κ2) is 5.60. The number of halogens is 1. The summed E-state index contributed by atoms with van der Waals surface area (Å²) in [6.45, 7) is 3.67. The minimum absolute atomic E-state index is 0.0403. The van der Waals surface area contributed by atoms with Gasteiger partial charge in [-0.05, 0) is 18.1 Å². The van der Waals surface area contributed by atoms with Gasteiger partial charge in [0, 0.05) is 5.69 Å². The van der Waals surface area contributed by atoms with Crippen LogP contribution in [0.4, 0.5) is 5.69 Å². The van der Waals surface area contributed by atoms with Gasteiger partial charge in [-0.3, -0.25) is 4.79 Å². The average Bonchev–Trinajstić information content (AvgIpc) is 2.21. The van der Waals surface area contributed by atoms with Crippen molar-refractivity contribution in [2.45, 2.75) is 6.42 Å². The highest BCUT2D eigenvalue weighted by molar-refractivity contribution is 9.09. The summed E-state index contributed by atoms with van der Waals surface area (Å²) in [4.78, 5) is 11.2. The van der Waals surface area contributed by atoms with Crippen LogP contribution in [0.25, 0.3) is 0 Å². The third kappa shape index (κ3) is 3.00. The van der Waals surface area contributed by atoms with Crippen LogP contribution in [-0.2, 0) is 11.2 Å². The summed E-state index contributed by atoms with van der Waals surface area (Å²) in [6, 6.07) is 7.71. The van der Waals surface area contributed by atoms with Gasteiger partial charge in [0.1, 0.15) is 0 Å². The first-order valence-electron chi connectivity index (χ1n) is 4.32. The molecule has 0 unspecified atom stereocenters. The minimum atomic E-state index is -0.0403. The van der Waals surface area contributed by atoms with Crippen molar-refractivity contribution in [1.29, 1.82) is 0 Å². The fourth-order valence-corrected chi connectivity index (χ4v) is 1.30. The fourth-order valence-electron chi connectivity index (χ4n) is 1.16. The average molecular weight is 254 g/mol. The van der Waals surface area contributed by atoms with E-state index in [9.17, 15) is 4.79 Å². The standard InChI is InChI=1S/C11H12BrNO/c1-2-5-9-6-3-4-7-10(9)13-11(14)8-12/h2-4,6-7H,1,5,8H2,(H,13,14). The molecule has 3 heteroatoms. The molecule has 74 valence electrons. The molecule has 2 nitrogen and oxygen atoms in total. The third-order valence-electron chi connectivity index (χ3n) is 1.78. The molecule has 1 N–H and O–H groups in total. The van der Waals surface area contributed by atoms with Crippen LogP contribution in [-0.4, -0.2) is 11.2 Å². The highest BCUT2D eigenvalue weighted by Gasteiger charge is 2.03. The largest absolute Gasteiger partial charge is 0.325 e.